The second kappa shape index (κ2) is 50.7. The molecule has 0 rings (SSSR count). The molecule has 0 aromatic carbocycles. The van der Waals surface area contributed by atoms with Gasteiger partial charge in [-0.15, -0.1) is 0 Å². The third-order valence-electron chi connectivity index (χ3n) is 12.2. The van der Waals surface area contributed by atoms with Gasteiger partial charge in [0.25, 0.3) is 0 Å². The first-order chi connectivity index (χ1) is 30.0. The van der Waals surface area contributed by atoms with Crippen molar-refractivity contribution in [3.05, 3.63) is 36.5 Å². The van der Waals surface area contributed by atoms with Crippen LogP contribution in [-0.2, 0) is 14.3 Å². The summed E-state index contributed by atoms with van der Waals surface area (Å²) in [5.41, 5.74) is 0. The SMILES string of the molecule is CCCC/C=C\C/C=C\CCCCCCCC(=O)OCCCCCCCCCC/C=C\CCCCCCCCCC(=O)NC(CO)C(O)CCCCCCCCCCCCC. The number of carbonyl (C=O) groups excluding carboxylic acids is 2. The van der Waals surface area contributed by atoms with E-state index in [1.54, 1.807) is 0 Å². The molecule has 2 atom stereocenters. The van der Waals surface area contributed by atoms with E-state index in [1.807, 2.05) is 0 Å². The molecular weight excluding hydrogens is 755 g/mol. The number of rotatable bonds is 49. The minimum atomic E-state index is -0.669. The van der Waals surface area contributed by atoms with Crippen LogP contribution in [-0.4, -0.2) is 47.4 Å². The van der Waals surface area contributed by atoms with Crippen LogP contribution in [0.3, 0.4) is 0 Å². The zero-order chi connectivity index (χ0) is 44.4. The maximum Gasteiger partial charge on any atom is 0.305 e. The van der Waals surface area contributed by atoms with E-state index in [4.69, 9.17) is 4.74 Å². The lowest BCUT2D eigenvalue weighted by Crippen LogP contribution is -2.45. The molecule has 0 aliphatic heterocycles. The van der Waals surface area contributed by atoms with Crippen LogP contribution in [0.4, 0.5) is 0 Å². The van der Waals surface area contributed by atoms with Crippen LogP contribution in [0.1, 0.15) is 277 Å². The van der Waals surface area contributed by atoms with E-state index in [9.17, 15) is 19.8 Å². The highest BCUT2D eigenvalue weighted by molar-refractivity contribution is 5.76. The summed E-state index contributed by atoms with van der Waals surface area (Å²) in [6.45, 7) is 4.88. The Hall–Kier alpha value is -1.92. The predicted molar refractivity (Wildman–Crippen MR) is 264 cm³/mol. The number of hydrogen-bond acceptors (Lipinski definition) is 5. The zero-order valence-corrected chi connectivity index (χ0v) is 40.6. The molecular formula is C55H103NO5. The fraction of sp³-hybridized carbons (Fsp3) is 0.855. The van der Waals surface area contributed by atoms with E-state index in [2.05, 4.69) is 55.6 Å². The maximum atomic E-state index is 12.4. The number of allylic oxidation sites excluding steroid dienone is 6. The van der Waals surface area contributed by atoms with Gasteiger partial charge >= 0.3 is 5.97 Å². The molecule has 3 N–H and O–H groups in total. The topological polar surface area (TPSA) is 95.9 Å². The van der Waals surface area contributed by atoms with E-state index in [0.717, 1.165) is 57.8 Å². The third kappa shape index (κ3) is 47.4. The lowest BCUT2D eigenvalue weighted by atomic mass is 10.0. The summed E-state index contributed by atoms with van der Waals surface area (Å²) in [7, 11) is 0. The van der Waals surface area contributed by atoms with Gasteiger partial charge in [-0.3, -0.25) is 9.59 Å². The Morgan fingerprint density at radius 2 is 0.836 bits per heavy atom. The summed E-state index contributed by atoms with van der Waals surface area (Å²) in [6.07, 6.45) is 61.2. The Morgan fingerprint density at radius 1 is 0.459 bits per heavy atom. The summed E-state index contributed by atoms with van der Waals surface area (Å²) >= 11 is 0. The van der Waals surface area contributed by atoms with Crippen molar-refractivity contribution in [3.8, 4) is 0 Å². The van der Waals surface area contributed by atoms with E-state index < -0.39 is 12.1 Å². The first kappa shape index (κ1) is 59.1. The molecule has 0 aromatic heterocycles. The van der Waals surface area contributed by atoms with Gasteiger partial charge in [0.15, 0.2) is 0 Å². The number of hydrogen-bond donors (Lipinski definition) is 3. The van der Waals surface area contributed by atoms with Gasteiger partial charge in [0.05, 0.1) is 25.4 Å². The van der Waals surface area contributed by atoms with E-state index in [0.29, 0.717) is 25.9 Å². The minimum Gasteiger partial charge on any atom is -0.466 e. The van der Waals surface area contributed by atoms with Crippen LogP contribution in [0.5, 0.6) is 0 Å². The Kier molecular flexibility index (Phi) is 49.1. The Balaban J connectivity index is 3.44. The minimum absolute atomic E-state index is 0.0113. The Bertz CT molecular complexity index is 993. The lowest BCUT2D eigenvalue weighted by Gasteiger charge is -2.22. The van der Waals surface area contributed by atoms with Gasteiger partial charge in [0.2, 0.25) is 5.91 Å². The largest absolute Gasteiger partial charge is 0.466 e. The van der Waals surface area contributed by atoms with Gasteiger partial charge in [-0.05, 0) is 77.0 Å². The van der Waals surface area contributed by atoms with Gasteiger partial charge in [-0.25, -0.2) is 0 Å². The van der Waals surface area contributed by atoms with Crippen LogP contribution in [0.2, 0.25) is 0 Å². The molecule has 0 fully saturated rings. The second-order valence-electron chi connectivity index (χ2n) is 18.2. The smallest absolute Gasteiger partial charge is 0.305 e. The van der Waals surface area contributed by atoms with Crippen LogP contribution >= 0.6 is 0 Å². The van der Waals surface area contributed by atoms with Crippen molar-refractivity contribution in [1.82, 2.24) is 5.32 Å². The second-order valence-corrected chi connectivity index (χ2v) is 18.2. The standard InChI is InChI=1S/C55H103NO5/c1-3-5-7-9-11-13-15-16-25-29-33-37-41-45-49-55(60)61-50-46-42-38-34-30-26-23-21-19-17-18-20-22-24-28-32-36-40-44-48-54(59)56-52(51-57)53(58)47-43-39-35-31-27-14-12-10-8-6-4-2/h9,11,15-18,52-53,57-58H,3-8,10,12-14,19-51H2,1-2H3,(H,56,59)/b11-9-,16-15-,18-17-. The highest BCUT2D eigenvalue weighted by Crippen LogP contribution is 2.16. The summed E-state index contributed by atoms with van der Waals surface area (Å²) in [5, 5.41) is 23.1. The predicted octanol–water partition coefficient (Wildman–Crippen LogP) is 16.1. The normalized spacial score (nSPS) is 12.9. The fourth-order valence-corrected chi connectivity index (χ4v) is 8.00. The molecule has 2 unspecified atom stereocenters. The Labute approximate surface area is 379 Å². The molecule has 0 aliphatic rings. The first-order valence-electron chi connectivity index (χ1n) is 26.7. The van der Waals surface area contributed by atoms with Crippen LogP contribution in [0.25, 0.3) is 0 Å². The van der Waals surface area contributed by atoms with Crippen molar-refractivity contribution >= 4 is 11.9 Å². The van der Waals surface area contributed by atoms with E-state index >= 15 is 0 Å². The van der Waals surface area contributed by atoms with E-state index in [1.165, 1.54) is 186 Å². The van der Waals surface area contributed by atoms with Crippen LogP contribution in [0, 0.1) is 0 Å². The van der Waals surface area contributed by atoms with Crippen LogP contribution in [0.15, 0.2) is 36.5 Å². The summed E-state index contributed by atoms with van der Waals surface area (Å²) < 4.78 is 5.46. The summed E-state index contributed by atoms with van der Waals surface area (Å²) in [5.74, 6) is -0.0579. The number of nitrogens with one attached hydrogen (secondary N) is 1. The average molecular weight is 858 g/mol. The third-order valence-corrected chi connectivity index (χ3v) is 12.2. The highest BCUT2D eigenvalue weighted by atomic mass is 16.5. The maximum absolute atomic E-state index is 12.4. The van der Waals surface area contributed by atoms with Crippen molar-refractivity contribution in [3.63, 3.8) is 0 Å². The first-order valence-corrected chi connectivity index (χ1v) is 26.7. The van der Waals surface area contributed by atoms with Gasteiger partial charge < -0.3 is 20.3 Å². The van der Waals surface area contributed by atoms with Crippen molar-refractivity contribution in [2.45, 2.75) is 289 Å². The van der Waals surface area contributed by atoms with Crippen molar-refractivity contribution in [2.75, 3.05) is 13.2 Å². The van der Waals surface area contributed by atoms with Gasteiger partial charge in [0.1, 0.15) is 0 Å². The molecule has 0 saturated heterocycles. The molecule has 0 aliphatic carbocycles. The number of aliphatic hydroxyl groups excluding tert-OH is 2. The molecule has 6 heteroatoms. The molecule has 0 saturated carbocycles. The number of carbonyl (C=O) groups is 2. The quantitative estimate of drug-likeness (QED) is 0.0322. The molecule has 6 nitrogen and oxygen atoms in total. The zero-order valence-electron chi connectivity index (χ0n) is 40.6. The summed E-state index contributed by atoms with van der Waals surface area (Å²) in [6, 6.07) is -0.547. The van der Waals surface area contributed by atoms with Gasteiger partial charge in [0, 0.05) is 12.8 Å². The fourth-order valence-electron chi connectivity index (χ4n) is 8.00. The van der Waals surface area contributed by atoms with Crippen LogP contribution < -0.4 is 5.32 Å². The molecule has 0 spiro atoms. The number of unbranched alkanes of at least 4 members (excludes halogenated alkanes) is 32. The molecule has 0 aromatic rings. The molecule has 358 valence electrons. The molecule has 1 amide bonds. The summed E-state index contributed by atoms with van der Waals surface area (Å²) in [4.78, 5) is 24.4. The van der Waals surface area contributed by atoms with E-state index in [-0.39, 0.29) is 18.5 Å². The monoisotopic (exact) mass is 858 g/mol. The lowest BCUT2D eigenvalue weighted by molar-refractivity contribution is -0.143. The molecule has 61 heavy (non-hydrogen) atoms. The number of aliphatic hydroxyl groups is 2. The Morgan fingerprint density at radius 3 is 1.31 bits per heavy atom. The number of amides is 1. The number of esters is 1. The van der Waals surface area contributed by atoms with Crippen molar-refractivity contribution in [1.29, 1.82) is 0 Å². The van der Waals surface area contributed by atoms with Crippen molar-refractivity contribution < 1.29 is 24.5 Å². The number of ether oxygens (including phenoxy) is 1. The average Bonchev–Trinajstić information content (AvgIpc) is 3.26. The van der Waals surface area contributed by atoms with Crippen molar-refractivity contribution in [2.24, 2.45) is 0 Å². The molecule has 0 heterocycles. The molecule has 0 radical (unpaired) electrons. The van der Waals surface area contributed by atoms with Gasteiger partial charge in [-0.1, -0.05) is 224 Å². The van der Waals surface area contributed by atoms with Gasteiger partial charge in [-0.2, -0.15) is 0 Å². The highest BCUT2D eigenvalue weighted by Gasteiger charge is 2.20. The molecule has 0 bridgehead atoms.